The molecular weight excluding hydrogens is 474 g/mol. The number of aliphatic hydroxyl groups is 1. The molecule has 2 aromatic rings. The van der Waals surface area contributed by atoms with E-state index in [-0.39, 0.29) is 5.82 Å². The van der Waals surface area contributed by atoms with Crippen LogP contribution in [0.2, 0.25) is 0 Å². The molecular formula is C29H36F2N4O2. The summed E-state index contributed by atoms with van der Waals surface area (Å²) in [5.41, 5.74) is 5.49. The molecule has 1 aliphatic carbocycles. The fourth-order valence-electron chi connectivity index (χ4n) is 4.06. The molecule has 0 spiro atoms. The largest absolute Gasteiger partial charge is 0.393 e. The van der Waals surface area contributed by atoms with Gasteiger partial charge in [-0.15, -0.1) is 0 Å². The zero-order valence-corrected chi connectivity index (χ0v) is 22.1. The quantitative estimate of drug-likeness (QED) is 0.335. The van der Waals surface area contributed by atoms with Gasteiger partial charge in [-0.25, -0.2) is 18.4 Å². The first-order valence-corrected chi connectivity index (χ1v) is 12.7. The van der Waals surface area contributed by atoms with Crippen molar-refractivity contribution in [2.75, 3.05) is 5.32 Å². The van der Waals surface area contributed by atoms with Crippen LogP contribution in [0, 0.1) is 12.8 Å². The molecule has 198 valence electrons. The van der Waals surface area contributed by atoms with E-state index >= 15 is 0 Å². The molecule has 2 atom stereocenters. The molecule has 2 aromatic heterocycles. The number of aryl methyl sites for hydroxylation is 1. The Balaban J connectivity index is 2.02. The summed E-state index contributed by atoms with van der Waals surface area (Å²) in [5, 5.41) is 17.1. The van der Waals surface area contributed by atoms with E-state index in [1.165, 1.54) is 0 Å². The van der Waals surface area contributed by atoms with Crippen LogP contribution in [0.3, 0.4) is 0 Å². The monoisotopic (exact) mass is 510 g/mol. The van der Waals surface area contributed by atoms with E-state index in [0.717, 1.165) is 40.0 Å². The van der Waals surface area contributed by atoms with Gasteiger partial charge < -0.3 is 10.4 Å². The number of hydrogen-bond donors (Lipinski definition) is 2. The van der Waals surface area contributed by atoms with Gasteiger partial charge in [0, 0.05) is 30.6 Å². The lowest BCUT2D eigenvalue weighted by Gasteiger charge is -2.18. The number of anilines is 1. The van der Waals surface area contributed by atoms with Crippen molar-refractivity contribution in [1.82, 2.24) is 14.8 Å². The van der Waals surface area contributed by atoms with Crippen molar-refractivity contribution in [3.8, 4) is 0 Å². The number of alkyl halides is 2. The molecule has 0 aromatic carbocycles. The standard InChI is InChI=1S/C29H36F2N4O2/c1-6-10-26(35-14-9-13-33-35)24(23(8-3)19(4)11-12-22(36)7-2)16-21-18-32-27(15-20(21)5)34-28(37)25-17-29(25,30)31/h8-11,13-16,18,22,25,36H,6-7,12,17H2,1-5H3,(H,32,34,37)/b19-11-,23-8+,24-16-,26-10-. The number of amides is 1. The third-order valence-electron chi connectivity index (χ3n) is 6.44. The third kappa shape index (κ3) is 7.10. The molecule has 2 unspecified atom stereocenters. The van der Waals surface area contributed by atoms with E-state index in [1.807, 2.05) is 62.9 Å². The van der Waals surface area contributed by atoms with Gasteiger partial charge in [-0.05, 0) is 80.5 Å². The lowest BCUT2D eigenvalue weighted by Crippen LogP contribution is -2.18. The van der Waals surface area contributed by atoms with Crippen LogP contribution < -0.4 is 5.32 Å². The summed E-state index contributed by atoms with van der Waals surface area (Å²) in [4.78, 5) is 16.4. The first-order valence-electron chi connectivity index (χ1n) is 12.7. The summed E-state index contributed by atoms with van der Waals surface area (Å²) >= 11 is 0. The van der Waals surface area contributed by atoms with Crippen molar-refractivity contribution in [2.45, 2.75) is 72.3 Å². The molecule has 2 N–H and O–H groups in total. The number of aromatic nitrogens is 3. The first kappa shape index (κ1) is 28.2. The van der Waals surface area contributed by atoms with Crippen LogP contribution >= 0.6 is 0 Å². The van der Waals surface area contributed by atoms with Gasteiger partial charge in [0.25, 0.3) is 5.92 Å². The summed E-state index contributed by atoms with van der Waals surface area (Å²) in [6.07, 6.45) is 14.7. The number of halogens is 2. The van der Waals surface area contributed by atoms with Gasteiger partial charge in [0.05, 0.1) is 11.8 Å². The normalized spacial score (nSPS) is 19.1. The number of aliphatic hydroxyl groups excluding tert-OH is 1. The molecule has 37 heavy (non-hydrogen) atoms. The number of pyridine rings is 1. The predicted molar refractivity (Wildman–Crippen MR) is 144 cm³/mol. The predicted octanol–water partition coefficient (Wildman–Crippen LogP) is 6.57. The highest BCUT2D eigenvalue weighted by atomic mass is 19.3. The molecule has 6 nitrogen and oxygen atoms in total. The summed E-state index contributed by atoms with van der Waals surface area (Å²) in [6, 6.07) is 3.55. The second-order valence-corrected chi connectivity index (χ2v) is 9.33. The Morgan fingerprint density at radius 2 is 2.05 bits per heavy atom. The average Bonchev–Trinajstić information content (AvgIpc) is 3.23. The highest BCUT2D eigenvalue weighted by Crippen LogP contribution is 2.49. The maximum atomic E-state index is 13.3. The van der Waals surface area contributed by atoms with E-state index < -0.39 is 30.3 Å². The fourth-order valence-corrected chi connectivity index (χ4v) is 4.06. The van der Waals surface area contributed by atoms with Crippen LogP contribution in [-0.2, 0) is 4.79 Å². The Morgan fingerprint density at radius 1 is 1.32 bits per heavy atom. The number of nitrogens with one attached hydrogen (secondary N) is 1. The van der Waals surface area contributed by atoms with E-state index in [1.54, 1.807) is 18.5 Å². The van der Waals surface area contributed by atoms with Crippen molar-refractivity contribution in [1.29, 1.82) is 0 Å². The van der Waals surface area contributed by atoms with Crippen molar-refractivity contribution < 1.29 is 18.7 Å². The Bertz CT molecular complexity index is 1230. The number of carbonyl (C=O) groups excluding carboxylic acids is 1. The molecule has 8 heteroatoms. The van der Waals surface area contributed by atoms with E-state index in [4.69, 9.17) is 0 Å². The number of nitrogens with zero attached hydrogens (tertiary/aromatic N) is 3. The molecule has 0 aliphatic heterocycles. The third-order valence-corrected chi connectivity index (χ3v) is 6.44. The van der Waals surface area contributed by atoms with Crippen LogP contribution in [0.15, 0.2) is 65.7 Å². The molecule has 0 saturated heterocycles. The van der Waals surface area contributed by atoms with Crippen molar-refractivity contribution in [3.05, 3.63) is 76.8 Å². The number of carbonyl (C=O) groups is 1. The molecule has 2 heterocycles. The minimum atomic E-state index is -2.92. The molecule has 1 fully saturated rings. The van der Waals surface area contributed by atoms with Crippen molar-refractivity contribution >= 4 is 23.5 Å². The van der Waals surface area contributed by atoms with Crippen molar-refractivity contribution in [3.63, 3.8) is 0 Å². The molecule has 1 amide bonds. The van der Waals surface area contributed by atoms with Gasteiger partial charge >= 0.3 is 0 Å². The SMILES string of the molecule is C/C=C(C(\C)=C/CC(O)CC)/C(=C/c1cnc(NC(=O)C2CC2(F)F)cc1C)C(=C/CC)/n1cccn1. The Kier molecular flexibility index (Phi) is 9.32. The summed E-state index contributed by atoms with van der Waals surface area (Å²) in [6.45, 7) is 9.90. The van der Waals surface area contributed by atoms with Gasteiger partial charge in [0.1, 0.15) is 11.7 Å². The number of rotatable bonds is 11. The molecule has 3 rings (SSSR count). The lowest BCUT2D eigenvalue weighted by atomic mass is 9.92. The Hall–Kier alpha value is -3.39. The van der Waals surface area contributed by atoms with Crippen LogP contribution in [0.4, 0.5) is 14.6 Å². The van der Waals surface area contributed by atoms with Gasteiger partial charge in [-0.3, -0.25) is 4.79 Å². The number of hydrogen-bond acceptors (Lipinski definition) is 4. The second kappa shape index (κ2) is 12.2. The van der Waals surface area contributed by atoms with E-state index in [2.05, 4.69) is 28.4 Å². The molecule has 1 aliphatic rings. The maximum absolute atomic E-state index is 13.3. The zero-order valence-electron chi connectivity index (χ0n) is 22.1. The summed E-state index contributed by atoms with van der Waals surface area (Å²) in [5.74, 6) is -4.67. The van der Waals surface area contributed by atoms with E-state index in [9.17, 15) is 18.7 Å². The minimum absolute atomic E-state index is 0.246. The summed E-state index contributed by atoms with van der Waals surface area (Å²) in [7, 11) is 0. The highest BCUT2D eigenvalue weighted by Gasteiger charge is 2.61. The van der Waals surface area contributed by atoms with Crippen LogP contribution in [0.5, 0.6) is 0 Å². The second-order valence-electron chi connectivity index (χ2n) is 9.33. The van der Waals surface area contributed by atoms with Gasteiger partial charge in [-0.1, -0.05) is 32.1 Å². The van der Waals surface area contributed by atoms with Gasteiger partial charge in [0.15, 0.2) is 0 Å². The van der Waals surface area contributed by atoms with Gasteiger partial charge in [0.2, 0.25) is 5.91 Å². The highest BCUT2D eigenvalue weighted by molar-refractivity contribution is 5.94. The Morgan fingerprint density at radius 3 is 2.59 bits per heavy atom. The lowest BCUT2D eigenvalue weighted by molar-refractivity contribution is -0.119. The van der Waals surface area contributed by atoms with Crippen molar-refractivity contribution in [2.24, 2.45) is 5.92 Å². The summed E-state index contributed by atoms with van der Waals surface area (Å²) < 4.78 is 28.3. The van der Waals surface area contributed by atoms with Crippen LogP contribution in [0.25, 0.3) is 11.8 Å². The van der Waals surface area contributed by atoms with Crippen LogP contribution in [0.1, 0.15) is 64.5 Å². The van der Waals surface area contributed by atoms with Crippen LogP contribution in [-0.4, -0.2) is 37.8 Å². The topological polar surface area (TPSA) is 80.0 Å². The molecule has 1 saturated carbocycles. The smallest absolute Gasteiger partial charge is 0.260 e. The zero-order chi connectivity index (χ0) is 27.2. The van der Waals surface area contributed by atoms with Gasteiger partial charge in [-0.2, -0.15) is 5.10 Å². The molecule has 0 radical (unpaired) electrons. The van der Waals surface area contributed by atoms with E-state index in [0.29, 0.717) is 12.8 Å². The first-order chi connectivity index (χ1) is 17.6. The average molecular weight is 511 g/mol. The maximum Gasteiger partial charge on any atom is 0.260 e. The fraction of sp³-hybridized carbons (Fsp3) is 0.414. The molecule has 0 bridgehead atoms. The Labute approximate surface area is 217 Å². The number of allylic oxidation sites excluding steroid dienone is 6. The minimum Gasteiger partial charge on any atom is -0.393 e.